The van der Waals surface area contributed by atoms with Gasteiger partial charge in [-0.15, -0.1) is 0 Å². The van der Waals surface area contributed by atoms with Crippen LogP contribution in [-0.2, 0) is 0 Å². The first-order chi connectivity index (χ1) is 8.40. The Morgan fingerprint density at radius 3 is 2.88 bits per heavy atom. The number of anilines is 1. The van der Waals surface area contributed by atoms with Gasteiger partial charge in [-0.3, -0.25) is 0 Å². The molecule has 3 rings (SSSR count). The highest BCUT2D eigenvalue weighted by atomic mass is 32.1. The molecule has 17 heavy (non-hydrogen) atoms. The molecule has 2 aromatic rings. The summed E-state index contributed by atoms with van der Waals surface area (Å²) < 4.78 is 4.52. The Morgan fingerprint density at radius 2 is 2.18 bits per heavy atom. The largest absolute Gasteiger partial charge is 0.357 e. The van der Waals surface area contributed by atoms with Gasteiger partial charge in [-0.25, -0.2) is 0 Å². The first-order valence-corrected chi connectivity index (χ1v) is 6.98. The van der Waals surface area contributed by atoms with Gasteiger partial charge in [-0.05, 0) is 42.9 Å². The molecule has 0 spiro atoms. The highest BCUT2D eigenvalue weighted by Crippen LogP contribution is 2.36. The fourth-order valence-electron chi connectivity index (χ4n) is 2.37. The lowest BCUT2D eigenvalue weighted by Gasteiger charge is -2.38. The molecular weight excluding hydrogens is 230 g/mol. The highest BCUT2D eigenvalue weighted by Gasteiger charge is 2.26. The number of benzene rings is 1. The van der Waals surface area contributed by atoms with Crippen LogP contribution in [0.25, 0.3) is 10.9 Å². The molecule has 0 aliphatic heterocycles. The van der Waals surface area contributed by atoms with Gasteiger partial charge in [0.1, 0.15) is 5.00 Å². The van der Waals surface area contributed by atoms with Crippen molar-refractivity contribution in [2.45, 2.75) is 25.3 Å². The molecule has 2 N–H and O–H groups in total. The Labute approximate surface area is 105 Å². The van der Waals surface area contributed by atoms with Crippen molar-refractivity contribution < 1.29 is 0 Å². The molecule has 3 nitrogen and oxygen atoms in total. The average molecular weight is 247 g/mol. The van der Waals surface area contributed by atoms with Crippen molar-refractivity contribution in [1.29, 1.82) is 0 Å². The topological polar surface area (TPSA) is 42.1 Å². The van der Waals surface area contributed by atoms with E-state index in [1.54, 1.807) is 11.5 Å². The minimum absolute atomic E-state index is 0.683. The SMILES string of the molecule is NCCN(c1snc2ccccc12)C1CCC1. The molecule has 1 fully saturated rings. The van der Waals surface area contributed by atoms with Gasteiger partial charge in [0.25, 0.3) is 0 Å². The van der Waals surface area contributed by atoms with Crippen molar-refractivity contribution in [3.8, 4) is 0 Å². The fourth-order valence-corrected chi connectivity index (χ4v) is 3.33. The molecule has 1 aromatic heterocycles. The molecule has 1 saturated carbocycles. The van der Waals surface area contributed by atoms with Crippen LogP contribution in [0.4, 0.5) is 5.00 Å². The van der Waals surface area contributed by atoms with Gasteiger partial charge in [0.05, 0.1) is 5.52 Å². The number of nitrogens with two attached hydrogens (primary N) is 1. The molecule has 0 unspecified atom stereocenters. The van der Waals surface area contributed by atoms with E-state index in [1.165, 1.54) is 29.6 Å². The van der Waals surface area contributed by atoms with E-state index in [1.807, 2.05) is 6.07 Å². The number of hydrogen-bond donors (Lipinski definition) is 1. The third kappa shape index (κ3) is 1.91. The Kier molecular flexibility index (Phi) is 2.99. The summed E-state index contributed by atoms with van der Waals surface area (Å²) in [4.78, 5) is 2.46. The number of rotatable bonds is 4. The lowest BCUT2D eigenvalue weighted by Crippen LogP contribution is -2.42. The van der Waals surface area contributed by atoms with Crippen LogP contribution < -0.4 is 10.6 Å². The number of hydrogen-bond acceptors (Lipinski definition) is 4. The predicted octanol–water partition coefficient (Wildman–Crippen LogP) is 2.61. The standard InChI is InChI=1S/C13H17N3S/c14-8-9-16(10-4-3-5-10)13-11-6-1-2-7-12(11)15-17-13/h1-2,6-7,10H,3-5,8-9,14H2. The summed E-state index contributed by atoms with van der Waals surface area (Å²) in [7, 11) is 0. The average Bonchev–Trinajstić information content (AvgIpc) is 2.69. The van der Waals surface area contributed by atoms with Gasteiger partial charge < -0.3 is 10.6 Å². The van der Waals surface area contributed by atoms with Crippen LogP contribution in [0.15, 0.2) is 24.3 Å². The normalized spacial score (nSPS) is 16.1. The summed E-state index contributed by atoms with van der Waals surface area (Å²) in [6.07, 6.45) is 3.95. The summed E-state index contributed by atoms with van der Waals surface area (Å²) >= 11 is 1.61. The van der Waals surface area contributed by atoms with Crippen LogP contribution in [-0.4, -0.2) is 23.5 Å². The van der Waals surface area contributed by atoms with Gasteiger partial charge in [-0.1, -0.05) is 12.1 Å². The second-order valence-corrected chi connectivity index (χ2v) is 5.32. The van der Waals surface area contributed by atoms with Crippen LogP contribution in [0.2, 0.25) is 0 Å². The zero-order valence-corrected chi connectivity index (χ0v) is 10.6. The van der Waals surface area contributed by atoms with E-state index in [0.29, 0.717) is 12.6 Å². The predicted molar refractivity (Wildman–Crippen MR) is 73.7 cm³/mol. The van der Waals surface area contributed by atoms with Gasteiger partial charge in [0.2, 0.25) is 0 Å². The number of fused-ring (bicyclic) bond motifs is 1. The van der Waals surface area contributed by atoms with Crippen LogP contribution in [0.1, 0.15) is 19.3 Å². The Morgan fingerprint density at radius 1 is 1.35 bits per heavy atom. The maximum atomic E-state index is 5.74. The minimum Gasteiger partial charge on any atom is -0.357 e. The molecule has 1 aliphatic rings. The second kappa shape index (κ2) is 4.63. The summed E-state index contributed by atoms with van der Waals surface area (Å²) in [6, 6.07) is 9.05. The van der Waals surface area contributed by atoms with Crippen molar-refractivity contribution in [2.75, 3.05) is 18.0 Å². The summed E-state index contributed by atoms with van der Waals surface area (Å²) in [5.41, 5.74) is 6.84. The van der Waals surface area contributed by atoms with Crippen molar-refractivity contribution >= 4 is 27.4 Å². The van der Waals surface area contributed by atoms with Crippen molar-refractivity contribution in [3.05, 3.63) is 24.3 Å². The van der Waals surface area contributed by atoms with E-state index in [-0.39, 0.29) is 0 Å². The molecule has 0 amide bonds. The van der Waals surface area contributed by atoms with Gasteiger partial charge in [-0.2, -0.15) is 4.37 Å². The molecule has 0 bridgehead atoms. The number of nitrogens with zero attached hydrogens (tertiary/aromatic N) is 2. The van der Waals surface area contributed by atoms with E-state index in [4.69, 9.17) is 5.73 Å². The monoisotopic (exact) mass is 247 g/mol. The third-order valence-electron chi connectivity index (χ3n) is 3.51. The van der Waals surface area contributed by atoms with Crippen molar-refractivity contribution in [2.24, 2.45) is 5.73 Å². The zero-order valence-electron chi connectivity index (χ0n) is 9.80. The van der Waals surface area contributed by atoms with Crippen LogP contribution >= 0.6 is 11.5 Å². The summed E-state index contributed by atoms with van der Waals surface area (Å²) in [5.74, 6) is 0. The first kappa shape index (κ1) is 11.0. The molecule has 1 aliphatic carbocycles. The molecule has 1 heterocycles. The maximum absolute atomic E-state index is 5.74. The van der Waals surface area contributed by atoms with E-state index in [0.717, 1.165) is 12.1 Å². The first-order valence-electron chi connectivity index (χ1n) is 6.21. The summed E-state index contributed by atoms with van der Waals surface area (Å²) in [6.45, 7) is 1.65. The lowest BCUT2D eigenvalue weighted by molar-refractivity contribution is 0.390. The van der Waals surface area contributed by atoms with E-state index < -0.39 is 0 Å². The third-order valence-corrected chi connectivity index (χ3v) is 4.43. The van der Waals surface area contributed by atoms with E-state index >= 15 is 0 Å². The molecule has 0 radical (unpaired) electrons. The molecule has 0 saturated heterocycles. The quantitative estimate of drug-likeness (QED) is 0.903. The van der Waals surface area contributed by atoms with Gasteiger partial charge >= 0.3 is 0 Å². The van der Waals surface area contributed by atoms with Crippen molar-refractivity contribution in [1.82, 2.24) is 4.37 Å². The molecular formula is C13H17N3S. The Hall–Kier alpha value is -1.13. The van der Waals surface area contributed by atoms with Gasteiger partial charge in [0.15, 0.2) is 0 Å². The highest BCUT2D eigenvalue weighted by molar-refractivity contribution is 7.11. The van der Waals surface area contributed by atoms with Gasteiger partial charge in [0, 0.05) is 24.5 Å². The van der Waals surface area contributed by atoms with E-state index in [2.05, 4.69) is 27.5 Å². The van der Waals surface area contributed by atoms with E-state index in [9.17, 15) is 0 Å². The van der Waals surface area contributed by atoms with Crippen LogP contribution in [0, 0.1) is 0 Å². The second-order valence-electron chi connectivity index (χ2n) is 4.57. The maximum Gasteiger partial charge on any atom is 0.120 e. The number of aromatic nitrogens is 1. The summed E-state index contributed by atoms with van der Waals surface area (Å²) in [5, 5.41) is 2.58. The molecule has 90 valence electrons. The Balaban J connectivity index is 1.99. The van der Waals surface area contributed by atoms with Crippen LogP contribution in [0.5, 0.6) is 0 Å². The van der Waals surface area contributed by atoms with Crippen molar-refractivity contribution in [3.63, 3.8) is 0 Å². The molecule has 4 heteroatoms. The molecule has 1 aromatic carbocycles. The minimum atomic E-state index is 0.683. The lowest BCUT2D eigenvalue weighted by atomic mass is 9.91. The van der Waals surface area contributed by atoms with Crippen LogP contribution in [0.3, 0.4) is 0 Å². The zero-order chi connectivity index (χ0) is 11.7. The molecule has 0 atom stereocenters. The fraction of sp³-hybridized carbons (Fsp3) is 0.462. The smallest absolute Gasteiger partial charge is 0.120 e. The Bertz CT molecular complexity index is 504.